The van der Waals surface area contributed by atoms with Crippen molar-refractivity contribution in [3.63, 3.8) is 0 Å². The van der Waals surface area contributed by atoms with E-state index in [1.165, 1.54) is 33.5 Å². The molecule has 0 radical (unpaired) electrons. The van der Waals surface area contributed by atoms with E-state index in [2.05, 4.69) is 0 Å². The predicted octanol–water partition coefficient (Wildman–Crippen LogP) is 2.50. The van der Waals surface area contributed by atoms with E-state index >= 15 is 0 Å². The molecule has 0 saturated carbocycles. The zero-order valence-electron chi connectivity index (χ0n) is 17.3. The van der Waals surface area contributed by atoms with Gasteiger partial charge in [0.2, 0.25) is 10.0 Å². The predicted molar refractivity (Wildman–Crippen MR) is 117 cm³/mol. The number of carbonyl (C=O) groups is 2. The molecule has 2 aromatic carbocycles. The molecule has 0 atom stereocenters. The molecule has 10 heteroatoms. The molecule has 2 amide bonds. The molecule has 0 bridgehead atoms. The summed E-state index contributed by atoms with van der Waals surface area (Å²) in [6.07, 6.45) is 0.894. The second-order valence-corrected chi connectivity index (χ2v) is 10.3. The molecular formula is C22H23ClFN3O4S. The van der Waals surface area contributed by atoms with E-state index in [0.29, 0.717) is 36.5 Å². The van der Waals surface area contributed by atoms with Crippen molar-refractivity contribution in [2.45, 2.75) is 30.3 Å². The van der Waals surface area contributed by atoms with Gasteiger partial charge in [-0.05, 0) is 48.7 Å². The van der Waals surface area contributed by atoms with Crippen LogP contribution in [-0.4, -0.2) is 66.6 Å². The lowest BCUT2D eigenvalue weighted by molar-refractivity contribution is -0.158. The van der Waals surface area contributed by atoms with Gasteiger partial charge in [-0.3, -0.25) is 9.59 Å². The standard InChI is InChI=1S/C22H23ClFN3O4S/c23-17-4-2-6-20(14-17)32(30,31)26-9-7-19(8-10-26)27-12-11-25(21(28)22(27)29)15-16-3-1-5-18(24)13-16/h1-6,13-14,19H,7-12,15H2. The Morgan fingerprint density at radius 2 is 1.66 bits per heavy atom. The Bertz CT molecular complexity index is 1140. The summed E-state index contributed by atoms with van der Waals surface area (Å²) in [6.45, 7) is 1.40. The zero-order chi connectivity index (χ0) is 22.9. The third-order valence-corrected chi connectivity index (χ3v) is 8.03. The summed E-state index contributed by atoms with van der Waals surface area (Å²) in [7, 11) is -3.67. The second kappa shape index (κ2) is 9.17. The first-order chi connectivity index (χ1) is 15.3. The molecule has 4 rings (SSSR count). The quantitative estimate of drug-likeness (QED) is 0.617. The molecule has 2 aromatic rings. The van der Waals surface area contributed by atoms with Gasteiger partial charge in [-0.2, -0.15) is 4.31 Å². The van der Waals surface area contributed by atoms with Crippen molar-refractivity contribution in [2.24, 2.45) is 0 Å². The maximum Gasteiger partial charge on any atom is 0.312 e. The average molecular weight is 480 g/mol. The first-order valence-electron chi connectivity index (χ1n) is 10.4. The number of piperidine rings is 1. The monoisotopic (exact) mass is 479 g/mol. The fourth-order valence-electron chi connectivity index (χ4n) is 4.22. The number of hydrogen-bond donors (Lipinski definition) is 0. The maximum absolute atomic E-state index is 13.4. The van der Waals surface area contributed by atoms with Gasteiger partial charge in [0, 0.05) is 43.8 Å². The van der Waals surface area contributed by atoms with Crippen LogP contribution in [0.4, 0.5) is 4.39 Å². The van der Waals surface area contributed by atoms with Crippen LogP contribution in [-0.2, 0) is 26.2 Å². The molecule has 170 valence electrons. The Kier molecular flexibility index (Phi) is 6.50. The molecule has 2 aliphatic heterocycles. The summed E-state index contributed by atoms with van der Waals surface area (Å²) < 4.78 is 40.6. The Morgan fingerprint density at radius 1 is 0.938 bits per heavy atom. The van der Waals surface area contributed by atoms with Crippen LogP contribution in [0.5, 0.6) is 0 Å². The van der Waals surface area contributed by atoms with Gasteiger partial charge in [-0.15, -0.1) is 0 Å². The largest absolute Gasteiger partial charge is 0.330 e. The summed E-state index contributed by atoms with van der Waals surface area (Å²) in [4.78, 5) is 28.5. The highest BCUT2D eigenvalue weighted by atomic mass is 35.5. The van der Waals surface area contributed by atoms with Crippen LogP contribution in [0, 0.1) is 5.82 Å². The summed E-state index contributed by atoms with van der Waals surface area (Å²) in [5.41, 5.74) is 0.624. The average Bonchev–Trinajstić information content (AvgIpc) is 2.77. The lowest BCUT2D eigenvalue weighted by Crippen LogP contribution is -2.58. The molecule has 2 aliphatic rings. The van der Waals surface area contributed by atoms with E-state index in [1.807, 2.05) is 0 Å². The Balaban J connectivity index is 1.37. The molecule has 32 heavy (non-hydrogen) atoms. The number of nitrogens with zero attached hydrogens (tertiary/aromatic N) is 3. The van der Waals surface area contributed by atoms with Gasteiger partial charge < -0.3 is 9.80 Å². The molecule has 2 heterocycles. The Labute approximate surface area is 191 Å². The van der Waals surface area contributed by atoms with Crippen LogP contribution in [0.3, 0.4) is 0 Å². The SMILES string of the molecule is O=C1C(=O)N(C2CCN(S(=O)(=O)c3cccc(Cl)c3)CC2)CCN1Cc1cccc(F)c1. The van der Waals surface area contributed by atoms with Crippen LogP contribution < -0.4 is 0 Å². The highest BCUT2D eigenvalue weighted by Gasteiger charge is 2.39. The topological polar surface area (TPSA) is 78.0 Å². The van der Waals surface area contributed by atoms with E-state index < -0.39 is 21.8 Å². The van der Waals surface area contributed by atoms with E-state index in [0.717, 1.165) is 0 Å². The highest BCUT2D eigenvalue weighted by Crippen LogP contribution is 2.26. The number of halogens is 2. The highest BCUT2D eigenvalue weighted by molar-refractivity contribution is 7.89. The molecule has 2 saturated heterocycles. The van der Waals surface area contributed by atoms with E-state index in [1.54, 1.807) is 29.2 Å². The fraction of sp³-hybridized carbons (Fsp3) is 0.364. The van der Waals surface area contributed by atoms with Gasteiger partial charge in [0.15, 0.2) is 0 Å². The second-order valence-electron chi connectivity index (χ2n) is 7.95. The van der Waals surface area contributed by atoms with E-state index in [9.17, 15) is 22.4 Å². The van der Waals surface area contributed by atoms with Crippen LogP contribution >= 0.6 is 11.6 Å². The minimum atomic E-state index is -3.67. The van der Waals surface area contributed by atoms with Crippen molar-refractivity contribution >= 4 is 33.4 Å². The molecule has 2 fully saturated rings. The van der Waals surface area contributed by atoms with Crippen LogP contribution in [0.2, 0.25) is 5.02 Å². The third kappa shape index (κ3) is 4.65. The summed E-state index contributed by atoms with van der Waals surface area (Å²) >= 11 is 5.93. The number of benzene rings is 2. The molecule has 0 unspecified atom stereocenters. The number of sulfonamides is 1. The normalized spacial score (nSPS) is 18.9. The van der Waals surface area contributed by atoms with Crippen molar-refractivity contribution in [3.8, 4) is 0 Å². The summed E-state index contributed by atoms with van der Waals surface area (Å²) in [5.74, 6) is -1.60. The zero-order valence-corrected chi connectivity index (χ0v) is 18.9. The first-order valence-corrected chi connectivity index (χ1v) is 12.2. The molecule has 0 aliphatic carbocycles. The lowest BCUT2D eigenvalue weighted by Gasteiger charge is -2.41. The number of hydrogen-bond acceptors (Lipinski definition) is 4. The van der Waals surface area contributed by atoms with E-state index in [4.69, 9.17) is 11.6 Å². The number of amides is 2. The minimum absolute atomic E-state index is 0.140. The van der Waals surface area contributed by atoms with Gasteiger partial charge in [0.05, 0.1) is 4.90 Å². The Morgan fingerprint density at radius 3 is 2.34 bits per heavy atom. The Hall–Kier alpha value is -2.49. The van der Waals surface area contributed by atoms with Gasteiger partial charge in [-0.25, -0.2) is 12.8 Å². The van der Waals surface area contributed by atoms with Gasteiger partial charge in [0.25, 0.3) is 0 Å². The molecule has 7 nitrogen and oxygen atoms in total. The van der Waals surface area contributed by atoms with Crippen LogP contribution in [0.15, 0.2) is 53.4 Å². The number of piperazine rings is 1. The van der Waals surface area contributed by atoms with Crippen molar-refractivity contribution in [1.82, 2.24) is 14.1 Å². The first kappa shape index (κ1) is 22.7. The van der Waals surface area contributed by atoms with Crippen molar-refractivity contribution < 1.29 is 22.4 Å². The van der Waals surface area contributed by atoms with Crippen LogP contribution in [0.25, 0.3) is 0 Å². The molecular weight excluding hydrogens is 457 g/mol. The van der Waals surface area contributed by atoms with Crippen LogP contribution in [0.1, 0.15) is 18.4 Å². The van der Waals surface area contributed by atoms with Crippen molar-refractivity contribution in [3.05, 3.63) is 64.9 Å². The molecule has 0 spiro atoms. The minimum Gasteiger partial charge on any atom is -0.330 e. The van der Waals surface area contributed by atoms with Crippen molar-refractivity contribution in [1.29, 1.82) is 0 Å². The summed E-state index contributed by atoms with van der Waals surface area (Å²) in [6, 6.07) is 11.9. The number of carbonyl (C=O) groups excluding carboxylic acids is 2. The smallest absolute Gasteiger partial charge is 0.312 e. The fourth-order valence-corrected chi connectivity index (χ4v) is 5.99. The van der Waals surface area contributed by atoms with Crippen molar-refractivity contribution in [2.75, 3.05) is 26.2 Å². The summed E-state index contributed by atoms with van der Waals surface area (Å²) in [5, 5.41) is 0.348. The lowest BCUT2D eigenvalue weighted by atomic mass is 10.0. The van der Waals surface area contributed by atoms with E-state index in [-0.39, 0.29) is 36.4 Å². The third-order valence-electron chi connectivity index (χ3n) is 5.90. The number of rotatable bonds is 5. The maximum atomic E-state index is 13.4. The van der Waals surface area contributed by atoms with Gasteiger partial charge in [0.1, 0.15) is 5.82 Å². The van der Waals surface area contributed by atoms with Gasteiger partial charge >= 0.3 is 11.8 Å². The van der Waals surface area contributed by atoms with Gasteiger partial charge in [-0.1, -0.05) is 29.8 Å². The molecule has 0 N–H and O–H groups in total. The molecule has 0 aromatic heterocycles.